The summed E-state index contributed by atoms with van der Waals surface area (Å²) in [6, 6.07) is 5.84. The molecule has 0 radical (unpaired) electrons. The van der Waals surface area contributed by atoms with Crippen molar-refractivity contribution in [3.8, 4) is 0 Å². The predicted octanol–water partition coefficient (Wildman–Crippen LogP) is 4.92. The summed E-state index contributed by atoms with van der Waals surface area (Å²) < 4.78 is 0. The Morgan fingerprint density at radius 1 is 1.28 bits per heavy atom. The van der Waals surface area contributed by atoms with Crippen LogP contribution in [0, 0.1) is 0 Å². The van der Waals surface area contributed by atoms with Crippen LogP contribution >= 0.6 is 34.7 Å². The average Bonchev–Trinajstić information content (AvgIpc) is 2.80. The van der Waals surface area contributed by atoms with E-state index in [1.54, 1.807) is 23.1 Å². The first-order chi connectivity index (χ1) is 8.70. The fraction of sp³-hybridized carbons (Fsp3) is 0.154. The molecule has 0 aliphatic carbocycles. The van der Waals surface area contributed by atoms with Crippen LogP contribution in [-0.2, 0) is 0 Å². The van der Waals surface area contributed by atoms with Gasteiger partial charge in [-0.1, -0.05) is 11.6 Å². The molecule has 0 amide bonds. The van der Waals surface area contributed by atoms with E-state index >= 15 is 0 Å². The molecule has 0 N–H and O–H groups in total. The van der Waals surface area contributed by atoms with E-state index in [0.29, 0.717) is 0 Å². The summed E-state index contributed by atoms with van der Waals surface area (Å²) in [4.78, 5) is 6.91. The fourth-order valence-electron chi connectivity index (χ4n) is 2.03. The Morgan fingerprint density at radius 3 is 2.89 bits per heavy atom. The van der Waals surface area contributed by atoms with Crippen LogP contribution in [-0.4, -0.2) is 18.3 Å². The largest absolute Gasteiger partial charge is 0.342 e. The number of thiophene rings is 1. The third kappa shape index (κ3) is 1.85. The molecule has 1 aliphatic heterocycles. The molecule has 0 fully saturated rings. The van der Waals surface area contributed by atoms with Gasteiger partial charge in [-0.25, -0.2) is 4.99 Å². The molecule has 0 unspecified atom stereocenters. The lowest BCUT2D eigenvalue weighted by Gasteiger charge is -2.19. The summed E-state index contributed by atoms with van der Waals surface area (Å²) in [6.45, 7) is 0. The number of hydrogen-bond acceptors (Lipinski definition) is 4. The Balaban J connectivity index is 2.29. The third-order valence-electron chi connectivity index (χ3n) is 2.95. The SMILES string of the molecule is CSC1=Nc2cc(Cl)ccc2N(C)c2cscc21. The van der Waals surface area contributed by atoms with Gasteiger partial charge in [0.05, 0.1) is 17.1 Å². The highest BCUT2D eigenvalue weighted by Gasteiger charge is 2.21. The van der Waals surface area contributed by atoms with Gasteiger partial charge in [0.2, 0.25) is 0 Å². The molecule has 2 heterocycles. The molecular weight excluding hydrogens is 284 g/mol. The van der Waals surface area contributed by atoms with Gasteiger partial charge >= 0.3 is 0 Å². The van der Waals surface area contributed by atoms with Crippen molar-refractivity contribution in [2.45, 2.75) is 0 Å². The highest BCUT2D eigenvalue weighted by atomic mass is 35.5. The van der Waals surface area contributed by atoms with E-state index in [4.69, 9.17) is 16.6 Å². The first-order valence-electron chi connectivity index (χ1n) is 5.43. The first kappa shape index (κ1) is 12.1. The summed E-state index contributed by atoms with van der Waals surface area (Å²) in [5.41, 5.74) is 4.41. The van der Waals surface area contributed by atoms with Crippen LogP contribution in [0.5, 0.6) is 0 Å². The smallest absolute Gasteiger partial charge is 0.107 e. The second-order valence-electron chi connectivity index (χ2n) is 3.98. The first-order valence-corrected chi connectivity index (χ1v) is 7.98. The molecule has 0 spiro atoms. The van der Waals surface area contributed by atoms with Crippen molar-refractivity contribution in [3.63, 3.8) is 0 Å². The minimum Gasteiger partial charge on any atom is -0.342 e. The number of benzene rings is 1. The number of nitrogens with zero attached hydrogens (tertiary/aromatic N) is 2. The van der Waals surface area contributed by atoms with Gasteiger partial charge in [-0.15, -0.1) is 23.1 Å². The lowest BCUT2D eigenvalue weighted by molar-refractivity contribution is 1.22. The zero-order chi connectivity index (χ0) is 12.7. The highest BCUT2D eigenvalue weighted by molar-refractivity contribution is 8.13. The molecular formula is C13H11ClN2S2. The van der Waals surface area contributed by atoms with E-state index in [0.717, 1.165) is 21.4 Å². The summed E-state index contributed by atoms with van der Waals surface area (Å²) in [5.74, 6) is 0. The van der Waals surface area contributed by atoms with Gasteiger partial charge < -0.3 is 4.90 Å². The number of hydrogen-bond donors (Lipinski definition) is 0. The summed E-state index contributed by atoms with van der Waals surface area (Å²) in [5, 5.41) is 6.06. The van der Waals surface area contributed by atoms with Crippen LogP contribution < -0.4 is 4.90 Å². The quantitative estimate of drug-likeness (QED) is 0.685. The van der Waals surface area contributed by atoms with Gasteiger partial charge in [-0.2, -0.15) is 0 Å². The Hall–Kier alpha value is -0.970. The predicted molar refractivity (Wildman–Crippen MR) is 83.5 cm³/mol. The maximum absolute atomic E-state index is 6.06. The monoisotopic (exact) mass is 294 g/mol. The van der Waals surface area contributed by atoms with E-state index in [1.165, 1.54) is 11.3 Å². The highest BCUT2D eigenvalue weighted by Crippen LogP contribution is 2.42. The lowest BCUT2D eigenvalue weighted by Crippen LogP contribution is -2.09. The average molecular weight is 295 g/mol. The molecule has 3 rings (SSSR count). The Bertz CT molecular complexity index is 634. The van der Waals surface area contributed by atoms with Crippen LogP contribution in [0.2, 0.25) is 5.02 Å². The maximum atomic E-state index is 6.06. The molecule has 18 heavy (non-hydrogen) atoms. The van der Waals surface area contributed by atoms with Crippen LogP contribution in [0.1, 0.15) is 5.56 Å². The molecule has 0 bridgehead atoms. The molecule has 1 aromatic carbocycles. The van der Waals surface area contributed by atoms with Gasteiger partial charge in [0.25, 0.3) is 0 Å². The number of thioether (sulfide) groups is 1. The number of rotatable bonds is 0. The number of aliphatic imine (C=N–C) groups is 1. The molecule has 0 saturated carbocycles. The zero-order valence-corrected chi connectivity index (χ0v) is 12.4. The zero-order valence-electron chi connectivity index (χ0n) is 9.98. The second kappa shape index (κ2) is 4.61. The maximum Gasteiger partial charge on any atom is 0.107 e. The Morgan fingerprint density at radius 2 is 2.11 bits per heavy atom. The topological polar surface area (TPSA) is 15.6 Å². The molecule has 1 aromatic heterocycles. The van der Waals surface area contributed by atoms with Crippen LogP contribution in [0.25, 0.3) is 0 Å². The van der Waals surface area contributed by atoms with Gasteiger partial charge in [0.1, 0.15) is 5.04 Å². The molecule has 2 aromatic rings. The van der Waals surface area contributed by atoms with Gasteiger partial charge in [0, 0.05) is 28.4 Å². The van der Waals surface area contributed by atoms with Crippen LogP contribution in [0.4, 0.5) is 17.1 Å². The molecule has 0 saturated heterocycles. The normalized spacial score (nSPS) is 13.7. The lowest BCUT2D eigenvalue weighted by atomic mass is 10.2. The van der Waals surface area contributed by atoms with Crippen molar-refractivity contribution in [2.24, 2.45) is 4.99 Å². The number of fused-ring (bicyclic) bond motifs is 2. The number of anilines is 2. The molecule has 0 atom stereocenters. The minimum atomic E-state index is 0.718. The molecule has 92 valence electrons. The minimum absolute atomic E-state index is 0.718. The third-order valence-corrected chi connectivity index (χ3v) is 4.61. The van der Waals surface area contributed by atoms with E-state index in [-0.39, 0.29) is 0 Å². The van der Waals surface area contributed by atoms with Crippen molar-refractivity contribution in [1.82, 2.24) is 0 Å². The Kier molecular flexibility index (Phi) is 3.09. The second-order valence-corrected chi connectivity index (χ2v) is 5.96. The van der Waals surface area contributed by atoms with Crippen LogP contribution in [0.15, 0.2) is 34.0 Å². The van der Waals surface area contributed by atoms with E-state index in [9.17, 15) is 0 Å². The summed E-state index contributed by atoms with van der Waals surface area (Å²) in [7, 11) is 2.07. The van der Waals surface area contributed by atoms with Crippen molar-refractivity contribution in [1.29, 1.82) is 0 Å². The van der Waals surface area contributed by atoms with Crippen molar-refractivity contribution < 1.29 is 0 Å². The van der Waals surface area contributed by atoms with Gasteiger partial charge in [0.15, 0.2) is 0 Å². The summed E-state index contributed by atoms with van der Waals surface area (Å²) in [6.07, 6.45) is 2.05. The van der Waals surface area contributed by atoms with E-state index in [1.807, 2.05) is 18.2 Å². The van der Waals surface area contributed by atoms with Crippen LogP contribution in [0.3, 0.4) is 0 Å². The molecule has 2 nitrogen and oxygen atoms in total. The van der Waals surface area contributed by atoms with Crippen molar-refractivity contribution in [2.75, 3.05) is 18.2 Å². The Labute approximate surface area is 119 Å². The molecule has 1 aliphatic rings. The van der Waals surface area contributed by atoms with Crippen molar-refractivity contribution in [3.05, 3.63) is 39.5 Å². The fourth-order valence-corrected chi connectivity index (χ4v) is 3.70. The van der Waals surface area contributed by atoms with Gasteiger partial charge in [-0.3, -0.25) is 0 Å². The standard InChI is InChI=1S/C13H11ClN2S2/c1-16-11-4-3-8(14)5-10(11)15-13(17-2)9-6-18-7-12(9)16/h3-7H,1-2H3. The number of halogens is 1. The van der Waals surface area contributed by atoms with Crippen molar-refractivity contribution >= 4 is 56.8 Å². The molecule has 5 heteroatoms. The summed E-state index contributed by atoms with van der Waals surface area (Å²) >= 11 is 9.43. The van der Waals surface area contributed by atoms with E-state index in [2.05, 4.69) is 29.0 Å². The van der Waals surface area contributed by atoms with Gasteiger partial charge in [-0.05, 0) is 24.5 Å². The van der Waals surface area contributed by atoms with E-state index < -0.39 is 0 Å².